The predicted molar refractivity (Wildman–Crippen MR) is 137 cm³/mol. The van der Waals surface area contributed by atoms with Crippen molar-refractivity contribution >= 4 is 0 Å². The fourth-order valence-corrected chi connectivity index (χ4v) is 4.87. The minimum absolute atomic E-state index is 0.0850. The van der Waals surface area contributed by atoms with Crippen LogP contribution >= 0.6 is 0 Å². The van der Waals surface area contributed by atoms with Crippen LogP contribution in [0.3, 0.4) is 0 Å². The molecule has 1 heterocycles. The molecule has 2 aliphatic rings. The van der Waals surface area contributed by atoms with Crippen LogP contribution in [0.5, 0.6) is 34.5 Å². The van der Waals surface area contributed by atoms with Gasteiger partial charge in [-0.3, -0.25) is 0 Å². The Morgan fingerprint density at radius 1 is 1.03 bits per heavy atom. The van der Waals surface area contributed by atoms with Gasteiger partial charge in [0.05, 0.1) is 34.0 Å². The number of methoxy groups -OCH3 is 4. The summed E-state index contributed by atoms with van der Waals surface area (Å²) in [7, 11) is 6.22. The van der Waals surface area contributed by atoms with Gasteiger partial charge < -0.3 is 33.5 Å². The van der Waals surface area contributed by atoms with Gasteiger partial charge in [0.25, 0.3) is 0 Å². The monoisotopic (exact) mass is 516 g/mol. The van der Waals surface area contributed by atoms with Gasteiger partial charge in [-0.1, -0.05) is 13.0 Å². The molecule has 3 atom stereocenters. The third-order valence-electron chi connectivity index (χ3n) is 7.30. The van der Waals surface area contributed by atoms with Gasteiger partial charge in [-0.25, -0.2) is 9.78 Å². The molecule has 0 unspecified atom stereocenters. The van der Waals surface area contributed by atoms with Crippen LogP contribution in [0.4, 0.5) is 0 Å². The number of allylic oxidation sites excluding steroid dienone is 1. The highest BCUT2D eigenvalue weighted by Gasteiger charge is 2.46. The summed E-state index contributed by atoms with van der Waals surface area (Å²) in [5.74, 6) is 2.53. The Kier molecular flexibility index (Phi) is 7.77. The highest BCUT2D eigenvalue weighted by molar-refractivity contribution is 5.89. The molecule has 0 fully saturated rings. The zero-order valence-electron chi connectivity index (χ0n) is 22.7. The van der Waals surface area contributed by atoms with E-state index in [4.69, 9.17) is 38.2 Å². The number of hydrogen-bond acceptors (Lipinski definition) is 9. The molecule has 9 heteroatoms. The maximum atomic E-state index is 12.0. The van der Waals surface area contributed by atoms with Gasteiger partial charge in [0.2, 0.25) is 18.3 Å². The van der Waals surface area contributed by atoms with E-state index in [0.717, 1.165) is 16.7 Å². The Bertz CT molecular complexity index is 1190. The molecule has 1 aliphatic carbocycles. The van der Waals surface area contributed by atoms with Crippen LogP contribution in [0.15, 0.2) is 23.8 Å². The van der Waals surface area contributed by atoms with Crippen molar-refractivity contribution in [3.05, 3.63) is 34.9 Å². The zero-order valence-corrected chi connectivity index (χ0v) is 22.7. The van der Waals surface area contributed by atoms with Crippen LogP contribution in [0.2, 0.25) is 0 Å². The molecule has 0 saturated heterocycles. The van der Waals surface area contributed by atoms with Crippen molar-refractivity contribution in [3.8, 4) is 45.6 Å². The van der Waals surface area contributed by atoms with E-state index >= 15 is 0 Å². The highest BCUT2D eigenvalue weighted by atomic mass is 17.2. The normalized spacial score (nSPS) is 22.5. The molecule has 9 nitrogen and oxygen atoms in total. The van der Waals surface area contributed by atoms with E-state index in [-0.39, 0.29) is 19.3 Å². The van der Waals surface area contributed by atoms with E-state index in [9.17, 15) is 5.11 Å². The number of fused-ring (bicyclic) bond motifs is 4. The van der Waals surface area contributed by atoms with Gasteiger partial charge in [-0.05, 0) is 56.4 Å². The molecule has 0 amide bonds. The van der Waals surface area contributed by atoms with Gasteiger partial charge in [-0.2, -0.15) is 0 Å². The van der Waals surface area contributed by atoms with Crippen molar-refractivity contribution in [2.45, 2.75) is 45.8 Å². The first kappa shape index (κ1) is 26.9. The van der Waals surface area contributed by atoms with Crippen LogP contribution in [-0.4, -0.2) is 52.5 Å². The molecule has 0 aromatic heterocycles. The molecule has 0 saturated carbocycles. The first-order chi connectivity index (χ1) is 17.7. The summed E-state index contributed by atoms with van der Waals surface area (Å²) in [5.41, 5.74) is 2.47. The first-order valence-electron chi connectivity index (χ1n) is 12.2. The molecule has 37 heavy (non-hydrogen) atoms. The largest absolute Gasteiger partial charge is 0.493 e. The predicted octanol–water partition coefficient (Wildman–Crippen LogP) is 5.02. The van der Waals surface area contributed by atoms with Crippen molar-refractivity contribution < 1.29 is 43.3 Å². The van der Waals surface area contributed by atoms with Crippen molar-refractivity contribution in [1.29, 1.82) is 0 Å². The van der Waals surface area contributed by atoms with Crippen LogP contribution in [-0.2, 0) is 16.2 Å². The second-order valence-electron chi connectivity index (χ2n) is 9.49. The van der Waals surface area contributed by atoms with E-state index in [1.807, 2.05) is 32.9 Å². The Labute approximate surface area is 217 Å². The summed E-state index contributed by atoms with van der Waals surface area (Å²) in [6.07, 6.45) is 1.51. The molecule has 2 aromatic rings. The van der Waals surface area contributed by atoms with Crippen molar-refractivity contribution in [3.63, 3.8) is 0 Å². The van der Waals surface area contributed by atoms with Gasteiger partial charge in [0.1, 0.15) is 12.7 Å². The lowest BCUT2D eigenvalue weighted by atomic mass is 9.73. The zero-order chi connectivity index (χ0) is 26.9. The first-order valence-corrected chi connectivity index (χ1v) is 12.2. The average Bonchev–Trinajstić information content (AvgIpc) is 3.36. The Morgan fingerprint density at radius 3 is 2.35 bits per heavy atom. The second-order valence-corrected chi connectivity index (χ2v) is 9.49. The minimum Gasteiger partial charge on any atom is -0.493 e. The van der Waals surface area contributed by atoms with Crippen molar-refractivity contribution in [2.24, 2.45) is 5.92 Å². The maximum absolute atomic E-state index is 12.0. The highest BCUT2D eigenvalue weighted by Crippen LogP contribution is 2.59. The lowest BCUT2D eigenvalue weighted by Crippen LogP contribution is -2.43. The second kappa shape index (κ2) is 10.7. The van der Waals surface area contributed by atoms with Crippen molar-refractivity contribution in [2.75, 3.05) is 41.8 Å². The smallest absolute Gasteiger partial charge is 0.231 e. The number of benzene rings is 2. The number of rotatable bonds is 8. The van der Waals surface area contributed by atoms with Crippen LogP contribution in [0, 0.1) is 5.92 Å². The SMILES string of the molecule is CC=C(C)COO[C@H]1c2cc(OC)c(OC)c(OC)c2-c2c(cc3c(c2OC)OCO3)C[C@H](C)[C@@]1(C)O. The molecule has 202 valence electrons. The van der Waals surface area contributed by atoms with Crippen LogP contribution in [0.1, 0.15) is 44.9 Å². The summed E-state index contributed by atoms with van der Waals surface area (Å²) in [6.45, 7) is 7.92. The molecular weight excluding hydrogens is 480 g/mol. The topological polar surface area (TPSA) is 94.1 Å². The molecule has 0 bridgehead atoms. The molecule has 1 N–H and O–H groups in total. The van der Waals surface area contributed by atoms with Gasteiger partial charge in [0, 0.05) is 16.7 Å². The summed E-state index contributed by atoms with van der Waals surface area (Å²) in [4.78, 5) is 11.7. The van der Waals surface area contributed by atoms with Crippen LogP contribution < -0.4 is 28.4 Å². The van der Waals surface area contributed by atoms with Gasteiger partial charge >= 0.3 is 0 Å². The van der Waals surface area contributed by atoms with E-state index in [1.165, 1.54) is 0 Å². The Balaban J connectivity index is 2.08. The fraction of sp³-hybridized carbons (Fsp3) is 0.500. The van der Waals surface area contributed by atoms with E-state index in [1.54, 1.807) is 41.4 Å². The Hall–Kier alpha value is -3.14. The lowest BCUT2D eigenvalue weighted by Gasteiger charge is -2.40. The maximum Gasteiger partial charge on any atom is 0.231 e. The number of hydrogen-bond donors (Lipinski definition) is 1. The third-order valence-corrected chi connectivity index (χ3v) is 7.30. The quantitative estimate of drug-likeness (QED) is 0.295. The molecule has 4 rings (SSSR count). The van der Waals surface area contributed by atoms with E-state index in [0.29, 0.717) is 52.0 Å². The third kappa shape index (κ3) is 4.56. The minimum atomic E-state index is -1.36. The lowest BCUT2D eigenvalue weighted by molar-refractivity contribution is -0.354. The number of aliphatic hydroxyl groups is 1. The molecular formula is C28H36O9. The van der Waals surface area contributed by atoms with Crippen molar-refractivity contribution in [1.82, 2.24) is 0 Å². The average molecular weight is 517 g/mol. The van der Waals surface area contributed by atoms with Gasteiger partial charge in [-0.15, -0.1) is 0 Å². The summed E-state index contributed by atoms with van der Waals surface area (Å²) < 4.78 is 34.7. The summed E-state index contributed by atoms with van der Waals surface area (Å²) in [6, 6.07) is 3.72. The van der Waals surface area contributed by atoms with Gasteiger partial charge in [0.15, 0.2) is 23.0 Å². The molecule has 1 aliphatic heterocycles. The summed E-state index contributed by atoms with van der Waals surface area (Å²) >= 11 is 0. The fourth-order valence-electron chi connectivity index (χ4n) is 4.87. The molecule has 2 aromatic carbocycles. The number of ether oxygens (including phenoxy) is 6. The van der Waals surface area contributed by atoms with E-state index < -0.39 is 11.7 Å². The molecule has 0 spiro atoms. The van der Waals surface area contributed by atoms with Crippen LogP contribution in [0.25, 0.3) is 11.1 Å². The summed E-state index contributed by atoms with van der Waals surface area (Å²) in [5, 5.41) is 12.0. The molecule has 0 radical (unpaired) electrons. The standard InChI is InChI=1S/C28H36O9/c1-9-15(2)13-36-37-27-18-12-19(30-5)23(31-6)26(33-8)22(18)21-17(10-16(3)28(27,4)29)11-20-24(25(21)32-7)35-14-34-20/h9,11-12,16,27,29H,10,13-14H2,1-8H3/t16-,27-,28+/m0/s1. The Morgan fingerprint density at radius 2 is 1.73 bits per heavy atom. The van der Waals surface area contributed by atoms with E-state index in [2.05, 4.69) is 0 Å².